The normalized spacial score (nSPS) is 34.6. The van der Waals surface area contributed by atoms with E-state index in [1.165, 1.54) is 0 Å². The molecule has 0 amide bonds. The monoisotopic (exact) mass is 200 g/mol. The van der Waals surface area contributed by atoms with E-state index in [0.717, 1.165) is 10.4 Å². The first-order valence-corrected chi connectivity index (χ1v) is 5.30. The summed E-state index contributed by atoms with van der Waals surface area (Å²) in [5.41, 5.74) is 0.374. The van der Waals surface area contributed by atoms with Crippen molar-refractivity contribution in [1.29, 1.82) is 0 Å². The zero-order chi connectivity index (χ0) is 9.64. The van der Waals surface area contributed by atoms with Crippen molar-refractivity contribution in [2.75, 3.05) is 0 Å². The Hall–Kier alpha value is -0.410. The third-order valence-corrected chi connectivity index (χ3v) is 3.85. The summed E-state index contributed by atoms with van der Waals surface area (Å²) >= 11 is 1.60. The van der Waals surface area contributed by atoms with Gasteiger partial charge in [-0.3, -0.25) is 0 Å². The van der Waals surface area contributed by atoms with Crippen molar-refractivity contribution >= 4 is 11.3 Å². The molecule has 0 bridgehead atoms. The van der Waals surface area contributed by atoms with Gasteiger partial charge < -0.3 is 5.11 Å². The Kier molecular flexibility index (Phi) is 1.96. The molecule has 1 aliphatic rings. The molecule has 1 aromatic rings. The Morgan fingerprint density at radius 3 is 2.77 bits per heavy atom. The molecule has 3 atom stereocenters. The highest BCUT2D eigenvalue weighted by Crippen LogP contribution is 2.57. The van der Waals surface area contributed by atoms with Crippen LogP contribution in [0.3, 0.4) is 0 Å². The lowest BCUT2D eigenvalue weighted by molar-refractivity contribution is 0.0873. The number of aliphatic hydroxyl groups is 1. The third-order valence-electron chi connectivity index (χ3n) is 2.99. The van der Waals surface area contributed by atoms with E-state index in [1.807, 2.05) is 18.4 Å². The van der Waals surface area contributed by atoms with E-state index < -0.39 is 17.7 Å². The quantitative estimate of drug-likeness (QED) is 0.778. The minimum absolute atomic E-state index is 0.490. The van der Waals surface area contributed by atoms with Gasteiger partial charge in [-0.15, -0.1) is 11.3 Å². The number of halogens is 1. The van der Waals surface area contributed by atoms with Crippen LogP contribution in [0.2, 0.25) is 0 Å². The van der Waals surface area contributed by atoms with Gasteiger partial charge >= 0.3 is 0 Å². The predicted molar refractivity (Wildman–Crippen MR) is 51.6 cm³/mol. The summed E-state index contributed by atoms with van der Waals surface area (Å²) in [6, 6.07) is 1.89. The molecule has 1 N–H and O–H groups in total. The average molecular weight is 200 g/mol. The van der Waals surface area contributed by atoms with Crippen LogP contribution in [0.5, 0.6) is 0 Å². The number of hydrogen-bond donors (Lipinski definition) is 1. The number of aryl methyl sites for hydroxylation is 1. The zero-order valence-electron chi connectivity index (χ0n) is 7.75. The lowest BCUT2D eigenvalue weighted by Gasteiger charge is -2.17. The molecule has 72 valence electrons. The van der Waals surface area contributed by atoms with Gasteiger partial charge in [-0.05, 0) is 30.4 Å². The largest absolute Gasteiger partial charge is 0.388 e. The van der Waals surface area contributed by atoms with E-state index >= 15 is 0 Å². The van der Waals surface area contributed by atoms with Gasteiger partial charge in [0.2, 0.25) is 0 Å². The van der Waals surface area contributed by atoms with Gasteiger partial charge in [-0.25, -0.2) is 4.39 Å². The fraction of sp³-hybridized carbons (Fsp3) is 0.600. The molecule has 1 nitrogen and oxygen atoms in total. The van der Waals surface area contributed by atoms with E-state index in [2.05, 4.69) is 0 Å². The second-order valence-electron chi connectivity index (χ2n) is 4.01. The summed E-state index contributed by atoms with van der Waals surface area (Å²) < 4.78 is 13.0. The van der Waals surface area contributed by atoms with E-state index in [0.29, 0.717) is 6.42 Å². The molecular formula is C10H13FOS. The molecule has 1 saturated carbocycles. The zero-order valence-corrected chi connectivity index (χ0v) is 8.57. The molecule has 13 heavy (non-hydrogen) atoms. The van der Waals surface area contributed by atoms with Gasteiger partial charge in [0.25, 0.3) is 0 Å². The highest BCUT2D eigenvalue weighted by Gasteiger charge is 2.56. The highest BCUT2D eigenvalue weighted by atomic mass is 32.1. The molecule has 0 spiro atoms. The van der Waals surface area contributed by atoms with Crippen molar-refractivity contribution < 1.29 is 9.50 Å². The summed E-state index contributed by atoms with van der Waals surface area (Å²) in [6.45, 7) is 3.77. The van der Waals surface area contributed by atoms with Crippen LogP contribution in [-0.2, 0) is 0 Å². The molecular weight excluding hydrogens is 187 g/mol. The van der Waals surface area contributed by atoms with Crippen molar-refractivity contribution in [3.8, 4) is 0 Å². The average Bonchev–Trinajstić information content (AvgIpc) is 2.52. The first-order chi connectivity index (χ1) is 6.05. The molecule has 1 aliphatic carbocycles. The fourth-order valence-electron chi connectivity index (χ4n) is 1.64. The highest BCUT2D eigenvalue weighted by molar-refractivity contribution is 7.10. The van der Waals surface area contributed by atoms with E-state index in [-0.39, 0.29) is 0 Å². The number of thiophene rings is 1. The minimum atomic E-state index is -0.832. The van der Waals surface area contributed by atoms with E-state index in [1.54, 1.807) is 18.3 Å². The molecule has 1 heterocycles. The standard InChI is InChI=1S/C10H13FOS/c1-6-7(3-4-13-6)9(12)10(2)5-8(10)11/h3-4,8-9,12H,5H2,1-2H3. The van der Waals surface area contributed by atoms with Gasteiger partial charge in [0, 0.05) is 10.3 Å². The molecule has 2 rings (SSSR count). The fourth-order valence-corrected chi connectivity index (χ4v) is 2.38. The van der Waals surface area contributed by atoms with Crippen molar-refractivity contribution in [1.82, 2.24) is 0 Å². The van der Waals surface area contributed by atoms with Crippen LogP contribution in [0.15, 0.2) is 11.4 Å². The molecule has 0 saturated heterocycles. The molecule has 3 heteroatoms. The Labute approximate surface area is 81.2 Å². The van der Waals surface area contributed by atoms with E-state index in [4.69, 9.17) is 0 Å². The van der Waals surface area contributed by atoms with Gasteiger partial charge in [0.1, 0.15) is 6.17 Å². The maximum Gasteiger partial charge on any atom is 0.109 e. The summed E-state index contributed by atoms with van der Waals surface area (Å²) in [5.74, 6) is 0. The lowest BCUT2D eigenvalue weighted by atomic mass is 9.95. The van der Waals surface area contributed by atoms with Crippen LogP contribution < -0.4 is 0 Å². The second-order valence-corrected chi connectivity index (χ2v) is 5.13. The summed E-state index contributed by atoms with van der Waals surface area (Å²) in [4.78, 5) is 1.09. The number of alkyl halides is 1. The summed E-state index contributed by atoms with van der Waals surface area (Å²) in [7, 11) is 0. The summed E-state index contributed by atoms with van der Waals surface area (Å²) in [5, 5.41) is 11.9. The smallest absolute Gasteiger partial charge is 0.109 e. The van der Waals surface area contributed by atoms with Crippen molar-refractivity contribution in [2.45, 2.75) is 32.5 Å². The molecule has 0 aliphatic heterocycles. The van der Waals surface area contributed by atoms with Crippen LogP contribution in [0, 0.1) is 12.3 Å². The Morgan fingerprint density at radius 2 is 2.38 bits per heavy atom. The topological polar surface area (TPSA) is 20.2 Å². The van der Waals surface area contributed by atoms with Crippen molar-refractivity contribution in [2.24, 2.45) is 5.41 Å². The Bertz CT molecular complexity index is 322. The molecule has 3 unspecified atom stereocenters. The van der Waals surface area contributed by atoms with Crippen LogP contribution in [0.1, 0.15) is 29.9 Å². The SMILES string of the molecule is Cc1sccc1C(O)C1(C)CC1F. The second kappa shape index (κ2) is 2.79. The first kappa shape index (κ1) is 9.16. The maximum absolute atomic E-state index is 13.0. The lowest BCUT2D eigenvalue weighted by Crippen LogP contribution is -2.12. The number of aliphatic hydroxyl groups excluding tert-OH is 1. The molecule has 1 aromatic heterocycles. The van der Waals surface area contributed by atoms with Crippen LogP contribution >= 0.6 is 11.3 Å². The molecule has 1 fully saturated rings. The van der Waals surface area contributed by atoms with Crippen LogP contribution in [0.25, 0.3) is 0 Å². The van der Waals surface area contributed by atoms with Crippen LogP contribution in [-0.4, -0.2) is 11.3 Å². The number of hydrogen-bond acceptors (Lipinski definition) is 2. The van der Waals surface area contributed by atoms with Crippen molar-refractivity contribution in [3.05, 3.63) is 21.9 Å². The van der Waals surface area contributed by atoms with Crippen molar-refractivity contribution in [3.63, 3.8) is 0 Å². The minimum Gasteiger partial charge on any atom is -0.388 e. The van der Waals surface area contributed by atoms with Crippen LogP contribution in [0.4, 0.5) is 4.39 Å². The van der Waals surface area contributed by atoms with Gasteiger partial charge in [-0.2, -0.15) is 0 Å². The molecule has 0 radical (unpaired) electrons. The van der Waals surface area contributed by atoms with Gasteiger partial charge in [0.15, 0.2) is 0 Å². The van der Waals surface area contributed by atoms with Gasteiger partial charge in [0.05, 0.1) is 6.10 Å². The number of rotatable bonds is 2. The van der Waals surface area contributed by atoms with Gasteiger partial charge in [-0.1, -0.05) is 6.92 Å². The predicted octanol–water partition coefficient (Wildman–Crippen LogP) is 2.84. The first-order valence-electron chi connectivity index (χ1n) is 4.42. The molecule has 0 aromatic carbocycles. The Balaban J connectivity index is 2.24. The maximum atomic E-state index is 13.0. The van der Waals surface area contributed by atoms with E-state index in [9.17, 15) is 9.50 Å². The Morgan fingerprint density at radius 1 is 1.77 bits per heavy atom. The summed E-state index contributed by atoms with van der Waals surface area (Å²) in [6.07, 6.45) is -0.973. The third kappa shape index (κ3) is 1.30.